The smallest absolute Gasteiger partial charge is 0.305 e. The molecule has 302 valence electrons. The average Bonchev–Trinajstić information content (AvgIpc) is 3.12. The number of ether oxygens (including phenoxy) is 4. The zero-order valence-electron chi connectivity index (χ0n) is 34.5. The van der Waals surface area contributed by atoms with Crippen molar-refractivity contribution >= 4 is 11.9 Å². The van der Waals surface area contributed by atoms with Gasteiger partial charge >= 0.3 is 11.9 Å². The third-order valence-electron chi connectivity index (χ3n) is 9.55. The zero-order chi connectivity index (χ0) is 37.7. The van der Waals surface area contributed by atoms with Gasteiger partial charge in [0.1, 0.15) is 11.5 Å². The van der Waals surface area contributed by atoms with E-state index in [1.165, 1.54) is 82.6 Å². The Morgan fingerprint density at radius 3 is 1.13 bits per heavy atom. The van der Waals surface area contributed by atoms with Gasteiger partial charge in [-0.1, -0.05) is 142 Å². The molecule has 52 heavy (non-hydrogen) atoms. The van der Waals surface area contributed by atoms with Crippen LogP contribution in [0, 0.1) is 0 Å². The molecular formula is C45H81NO6. The Balaban J connectivity index is 2.11. The molecule has 0 saturated heterocycles. The van der Waals surface area contributed by atoms with E-state index in [4.69, 9.17) is 18.9 Å². The van der Waals surface area contributed by atoms with Gasteiger partial charge in [-0.05, 0) is 70.3 Å². The summed E-state index contributed by atoms with van der Waals surface area (Å²) in [6, 6.07) is 6.25. The van der Waals surface area contributed by atoms with Crippen LogP contribution in [0.2, 0.25) is 0 Å². The minimum absolute atomic E-state index is 0.0415. The van der Waals surface area contributed by atoms with Crippen LogP contribution < -0.4 is 9.47 Å². The Labute approximate surface area is 320 Å². The number of benzene rings is 1. The van der Waals surface area contributed by atoms with Crippen molar-refractivity contribution in [2.45, 2.75) is 200 Å². The number of rotatable bonds is 38. The summed E-state index contributed by atoms with van der Waals surface area (Å²) in [5.41, 5.74) is 1.18. The minimum Gasteiger partial charge on any atom is -0.493 e. The summed E-state index contributed by atoms with van der Waals surface area (Å²) in [5, 5.41) is 0. The topological polar surface area (TPSA) is 74.3 Å². The molecule has 0 unspecified atom stereocenters. The van der Waals surface area contributed by atoms with Crippen molar-refractivity contribution in [2.75, 3.05) is 40.5 Å². The molecule has 0 radical (unpaired) electrons. The van der Waals surface area contributed by atoms with E-state index in [0.29, 0.717) is 39.3 Å². The minimum atomic E-state index is -0.0415. The highest BCUT2D eigenvalue weighted by atomic mass is 16.5. The summed E-state index contributed by atoms with van der Waals surface area (Å²) in [4.78, 5) is 26.2. The van der Waals surface area contributed by atoms with Gasteiger partial charge < -0.3 is 23.8 Å². The number of unbranched alkanes of at least 4 members (excludes halogenated alkanes) is 22. The van der Waals surface area contributed by atoms with Crippen LogP contribution in [0.5, 0.6) is 11.5 Å². The summed E-state index contributed by atoms with van der Waals surface area (Å²) in [6.07, 6.45) is 31.4. The second kappa shape index (κ2) is 35.7. The van der Waals surface area contributed by atoms with Crippen molar-refractivity contribution < 1.29 is 28.5 Å². The standard InChI is InChI=1S/C45H81NO6/c1-5-7-9-11-13-15-21-29-35-51-44(47)31-25-19-17-23-27-33-49-42-37-41(40-46(3)4)38-43(39-42)50-34-28-24-18-20-26-32-45(48)52-36-30-22-16-14-12-10-8-6-2/h37-39H,5-36,40H2,1-4H3. The predicted molar refractivity (Wildman–Crippen MR) is 217 cm³/mol. The molecule has 0 atom stereocenters. The SMILES string of the molecule is CCCCCCCCCCOC(=O)CCCCCCCOc1cc(CN(C)C)cc(OCCCCCCCC(=O)OCCCCCCCCCC)c1. The second-order valence-corrected chi connectivity index (χ2v) is 15.2. The van der Waals surface area contributed by atoms with Crippen LogP contribution in [-0.2, 0) is 25.6 Å². The zero-order valence-corrected chi connectivity index (χ0v) is 34.5. The lowest BCUT2D eigenvalue weighted by Gasteiger charge is -2.15. The van der Waals surface area contributed by atoms with E-state index in [2.05, 4.69) is 45.0 Å². The lowest BCUT2D eigenvalue weighted by Crippen LogP contribution is -2.11. The van der Waals surface area contributed by atoms with Crippen LogP contribution in [-0.4, -0.2) is 57.4 Å². The fourth-order valence-electron chi connectivity index (χ4n) is 6.43. The maximum atomic E-state index is 12.0. The Hall–Kier alpha value is -2.28. The summed E-state index contributed by atoms with van der Waals surface area (Å²) >= 11 is 0. The van der Waals surface area contributed by atoms with E-state index in [9.17, 15) is 9.59 Å². The third-order valence-corrected chi connectivity index (χ3v) is 9.55. The summed E-state index contributed by atoms with van der Waals surface area (Å²) in [7, 11) is 4.14. The highest BCUT2D eigenvalue weighted by Gasteiger charge is 2.07. The molecule has 7 nitrogen and oxygen atoms in total. The molecule has 0 aliphatic rings. The average molecular weight is 732 g/mol. The molecule has 1 rings (SSSR count). The van der Waals surface area contributed by atoms with Gasteiger partial charge in [0.15, 0.2) is 0 Å². The number of carbonyl (C=O) groups excluding carboxylic acids is 2. The Kier molecular flexibility index (Phi) is 32.8. The van der Waals surface area contributed by atoms with Crippen molar-refractivity contribution in [3.8, 4) is 11.5 Å². The normalized spacial score (nSPS) is 11.2. The van der Waals surface area contributed by atoms with Crippen LogP contribution in [0.3, 0.4) is 0 Å². The molecule has 0 aromatic heterocycles. The van der Waals surface area contributed by atoms with Gasteiger partial charge in [0.05, 0.1) is 26.4 Å². The van der Waals surface area contributed by atoms with E-state index in [1.54, 1.807) is 0 Å². The van der Waals surface area contributed by atoms with E-state index >= 15 is 0 Å². The Morgan fingerprint density at radius 2 is 0.769 bits per heavy atom. The molecule has 0 heterocycles. The molecule has 0 aliphatic carbocycles. The molecular weight excluding hydrogens is 650 g/mol. The lowest BCUT2D eigenvalue weighted by atomic mass is 10.1. The van der Waals surface area contributed by atoms with Crippen molar-refractivity contribution in [3.63, 3.8) is 0 Å². The molecule has 7 heteroatoms. The summed E-state index contributed by atoms with van der Waals surface area (Å²) in [5.74, 6) is 1.64. The molecule has 0 bridgehead atoms. The number of esters is 2. The van der Waals surface area contributed by atoms with Crippen molar-refractivity contribution in [3.05, 3.63) is 23.8 Å². The summed E-state index contributed by atoms with van der Waals surface area (Å²) < 4.78 is 23.1. The fraction of sp³-hybridized carbons (Fsp3) is 0.822. The van der Waals surface area contributed by atoms with Gasteiger partial charge in [0, 0.05) is 25.5 Å². The quantitative estimate of drug-likeness (QED) is 0.0495. The van der Waals surface area contributed by atoms with Gasteiger partial charge in [-0.3, -0.25) is 9.59 Å². The van der Waals surface area contributed by atoms with Gasteiger partial charge in [0.2, 0.25) is 0 Å². The maximum absolute atomic E-state index is 12.0. The number of nitrogens with zero attached hydrogens (tertiary/aromatic N) is 1. The predicted octanol–water partition coefficient (Wildman–Crippen LogP) is 12.6. The molecule has 0 aliphatic heterocycles. The first-order valence-corrected chi connectivity index (χ1v) is 21.8. The third kappa shape index (κ3) is 31.3. The van der Waals surface area contributed by atoms with Crippen LogP contribution in [0.4, 0.5) is 0 Å². The number of hydrogen-bond donors (Lipinski definition) is 0. The van der Waals surface area contributed by atoms with E-state index in [0.717, 1.165) is 108 Å². The fourth-order valence-corrected chi connectivity index (χ4v) is 6.43. The highest BCUT2D eigenvalue weighted by molar-refractivity contribution is 5.69. The number of carbonyl (C=O) groups is 2. The molecule has 0 saturated carbocycles. The second-order valence-electron chi connectivity index (χ2n) is 15.2. The monoisotopic (exact) mass is 732 g/mol. The van der Waals surface area contributed by atoms with Crippen LogP contribution in [0.15, 0.2) is 18.2 Å². The molecule has 1 aromatic rings. The molecule has 0 amide bonds. The van der Waals surface area contributed by atoms with Crippen molar-refractivity contribution in [2.24, 2.45) is 0 Å². The largest absolute Gasteiger partial charge is 0.493 e. The Bertz CT molecular complexity index is 899. The molecule has 0 N–H and O–H groups in total. The van der Waals surface area contributed by atoms with Gasteiger partial charge in [-0.2, -0.15) is 0 Å². The van der Waals surface area contributed by atoms with Crippen molar-refractivity contribution in [1.29, 1.82) is 0 Å². The molecule has 0 fully saturated rings. The van der Waals surface area contributed by atoms with Crippen LogP contribution in [0.1, 0.15) is 199 Å². The maximum Gasteiger partial charge on any atom is 0.305 e. The van der Waals surface area contributed by atoms with E-state index < -0.39 is 0 Å². The van der Waals surface area contributed by atoms with Gasteiger partial charge in [0.25, 0.3) is 0 Å². The van der Waals surface area contributed by atoms with Crippen molar-refractivity contribution in [1.82, 2.24) is 4.90 Å². The molecule has 1 aromatic carbocycles. The Morgan fingerprint density at radius 1 is 0.442 bits per heavy atom. The number of hydrogen-bond acceptors (Lipinski definition) is 7. The van der Waals surface area contributed by atoms with Gasteiger partial charge in [-0.15, -0.1) is 0 Å². The summed E-state index contributed by atoms with van der Waals surface area (Å²) in [6.45, 7) is 7.84. The lowest BCUT2D eigenvalue weighted by molar-refractivity contribution is -0.144. The first-order chi connectivity index (χ1) is 25.4. The van der Waals surface area contributed by atoms with Crippen LogP contribution >= 0.6 is 0 Å². The van der Waals surface area contributed by atoms with Crippen LogP contribution in [0.25, 0.3) is 0 Å². The molecule has 0 spiro atoms. The highest BCUT2D eigenvalue weighted by Crippen LogP contribution is 2.25. The first kappa shape index (κ1) is 47.7. The van der Waals surface area contributed by atoms with Gasteiger partial charge in [-0.25, -0.2) is 0 Å². The van der Waals surface area contributed by atoms with E-state index in [-0.39, 0.29) is 11.9 Å². The van der Waals surface area contributed by atoms with E-state index in [1.807, 2.05) is 6.07 Å². The first-order valence-electron chi connectivity index (χ1n) is 21.8.